The van der Waals surface area contributed by atoms with Crippen molar-refractivity contribution in [1.29, 1.82) is 0 Å². The lowest BCUT2D eigenvalue weighted by Gasteiger charge is -2.11. The summed E-state index contributed by atoms with van der Waals surface area (Å²) in [5, 5.41) is 18.2. The van der Waals surface area contributed by atoms with Crippen molar-refractivity contribution in [2.45, 2.75) is 6.42 Å². The maximum Gasteiger partial charge on any atom is 0.271 e. The fourth-order valence-corrected chi connectivity index (χ4v) is 4.48. The Morgan fingerprint density at radius 2 is 1.56 bits per heavy atom. The first-order chi connectivity index (χ1) is 21.0. The first-order valence-electron chi connectivity index (χ1n) is 13.5. The molecule has 5 aromatic rings. The Hall–Kier alpha value is -5.34. The summed E-state index contributed by atoms with van der Waals surface area (Å²) in [5.74, 6) is 1.28. The molecule has 8 nitrogen and oxygen atoms in total. The number of phenolic OH excluding ortho intramolecular Hbond substituents is 1. The van der Waals surface area contributed by atoms with Crippen LogP contribution in [0.5, 0.6) is 23.0 Å². The number of nitrogens with zero attached hydrogens (tertiary/aromatic N) is 1. The summed E-state index contributed by atoms with van der Waals surface area (Å²) in [7, 11) is 0. The minimum atomic E-state index is -0.470. The zero-order chi connectivity index (χ0) is 30.0. The molecule has 0 bridgehead atoms. The number of para-hydroxylation sites is 1. The second-order valence-corrected chi connectivity index (χ2v) is 9.92. The molecule has 43 heavy (non-hydrogen) atoms. The van der Waals surface area contributed by atoms with Gasteiger partial charge < -0.3 is 19.9 Å². The lowest BCUT2D eigenvalue weighted by molar-refractivity contribution is -0.123. The zero-order valence-corrected chi connectivity index (χ0v) is 23.8. The van der Waals surface area contributed by atoms with Gasteiger partial charge in [-0.1, -0.05) is 66.2 Å². The summed E-state index contributed by atoms with van der Waals surface area (Å²) in [5.41, 5.74) is 4.54. The summed E-state index contributed by atoms with van der Waals surface area (Å²) in [6, 6.07) is 32.6. The predicted octanol–water partition coefficient (Wildman–Crippen LogP) is 6.49. The number of hydrazone groups is 1. The van der Waals surface area contributed by atoms with Gasteiger partial charge in [0, 0.05) is 23.1 Å². The normalized spacial score (nSPS) is 10.9. The van der Waals surface area contributed by atoms with Crippen LogP contribution in [-0.2, 0) is 11.2 Å². The van der Waals surface area contributed by atoms with E-state index in [0.29, 0.717) is 18.7 Å². The number of hydrogen-bond donors (Lipinski definition) is 3. The highest BCUT2D eigenvalue weighted by atomic mass is 35.5. The maximum atomic E-state index is 12.5. The van der Waals surface area contributed by atoms with E-state index >= 15 is 0 Å². The van der Waals surface area contributed by atoms with Crippen LogP contribution in [0.1, 0.15) is 21.5 Å². The van der Waals surface area contributed by atoms with Crippen LogP contribution < -0.4 is 20.2 Å². The van der Waals surface area contributed by atoms with E-state index in [4.69, 9.17) is 21.1 Å². The number of amides is 2. The summed E-state index contributed by atoms with van der Waals surface area (Å²) < 4.78 is 11.7. The minimum Gasteiger partial charge on any atom is -0.506 e. The lowest BCUT2D eigenvalue weighted by Crippen LogP contribution is -2.30. The van der Waals surface area contributed by atoms with Crippen LogP contribution in [0.2, 0.25) is 5.02 Å². The molecule has 2 amide bonds. The van der Waals surface area contributed by atoms with Gasteiger partial charge >= 0.3 is 0 Å². The van der Waals surface area contributed by atoms with Gasteiger partial charge in [-0.05, 0) is 72.0 Å². The van der Waals surface area contributed by atoms with E-state index in [1.54, 1.807) is 12.1 Å². The number of aromatic hydroxyl groups is 1. The molecule has 0 aromatic heterocycles. The molecule has 5 rings (SSSR count). The fraction of sp³-hybridized carbons (Fsp3) is 0.0882. The van der Waals surface area contributed by atoms with Crippen LogP contribution in [0.25, 0.3) is 10.8 Å². The van der Waals surface area contributed by atoms with Crippen molar-refractivity contribution in [2.75, 3.05) is 13.2 Å². The Bertz CT molecular complexity index is 1760. The van der Waals surface area contributed by atoms with E-state index in [1.807, 2.05) is 78.9 Å². The van der Waals surface area contributed by atoms with Gasteiger partial charge in [-0.25, -0.2) is 5.43 Å². The number of benzene rings is 5. The van der Waals surface area contributed by atoms with Gasteiger partial charge in [0.1, 0.15) is 23.0 Å². The van der Waals surface area contributed by atoms with Gasteiger partial charge in [-0.2, -0.15) is 5.10 Å². The lowest BCUT2D eigenvalue weighted by atomic mass is 10.0. The number of halogens is 1. The van der Waals surface area contributed by atoms with Crippen molar-refractivity contribution in [3.63, 3.8) is 0 Å². The molecule has 216 valence electrons. The predicted molar refractivity (Wildman–Crippen MR) is 167 cm³/mol. The van der Waals surface area contributed by atoms with Crippen molar-refractivity contribution in [3.8, 4) is 23.0 Å². The molecule has 0 spiro atoms. The molecular formula is C34H28ClN3O5. The van der Waals surface area contributed by atoms with E-state index in [1.165, 1.54) is 24.4 Å². The zero-order valence-electron chi connectivity index (χ0n) is 23.0. The highest BCUT2D eigenvalue weighted by molar-refractivity contribution is 6.32. The first kappa shape index (κ1) is 29.2. The smallest absolute Gasteiger partial charge is 0.271 e. The van der Waals surface area contributed by atoms with Gasteiger partial charge in [0.05, 0.1) is 11.2 Å². The highest BCUT2D eigenvalue weighted by Crippen LogP contribution is 2.28. The Balaban J connectivity index is 1.12. The summed E-state index contributed by atoms with van der Waals surface area (Å²) >= 11 is 5.88. The van der Waals surface area contributed by atoms with Gasteiger partial charge in [0.2, 0.25) is 0 Å². The molecule has 0 saturated heterocycles. The van der Waals surface area contributed by atoms with E-state index in [-0.39, 0.29) is 28.8 Å². The van der Waals surface area contributed by atoms with E-state index in [2.05, 4.69) is 15.8 Å². The van der Waals surface area contributed by atoms with Gasteiger partial charge in [0.15, 0.2) is 6.61 Å². The topological polar surface area (TPSA) is 109 Å². The molecule has 0 saturated carbocycles. The molecule has 0 atom stereocenters. The largest absolute Gasteiger partial charge is 0.506 e. The molecule has 9 heteroatoms. The second kappa shape index (κ2) is 14.0. The second-order valence-electron chi connectivity index (χ2n) is 9.51. The van der Waals surface area contributed by atoms with Crippen LogP contribution in [0.4, 0.5) is 0 Å². The molecule has 3 N–H and O–H groups in total. The summed E-state index contributed by atoms with van der Waals surface area (Å²) in [4.78, 5) is 24.9. The molecule has 0 heterocycles. The van der Waals surface area contributed by atoms with Crippen LogP contribution in [0.3, 0.4) is 0 Å². The quantitative estimate of drug-likeness (QED) is 0.120. The van der Waals surface area contributed by atoms with E-state index in [9.17, 15) is 14.7 Å². The number of fused-ring (bicyclic) bond motifs is 1. The third-order valence-electron chi connectivity index (χ3n) is 6.49. The Morgan fingerprint density at radius 1 is 0.837 bits per heavy atom. The summed E-state index contributed by atoms with van der Waals surface area (Å²) in [6.07, 6.45) is 2.20. The van der Waals surface area contributed by atoms with Crippen LogP contribution in [0.15, 0.2) is 114 Å². The number of hydrogen-bond acceptors (Lipinski definition) is 6. The fourth-order valence-electron chi connectivity index (χ4n) is 4.30. The average molecular weight is 594 g/mol. The van der Waals surface area contributed by atoms with Crippen molar-refractivity contribution >= 4 is 40.4 Å². The van der Waals surface area contributed by atoms with Crippen LogP contribution in [0, 0.1) is 0 Å². The van der Waals surface area contributed by atoms with E-state index < -0.39 is 5.91 Å². The average Bonchev–Trinajstić information content (AvgIpc) is 3.03. The molecule has 0 aliphatic rings. The Morgan fingerprint density at radius 3 is 2.33 bits per heavy atom. The van der Waals surface area contributed by atoms with Crippen molar-refractivity contribution < 1.29 is 24.2 Å². The van der Waals surface area contributed by atoms with Crippen LogP contribution >= 0.6 is 11.6 Å². The van der Waals surface area contributed by atoms with Gasteiger partial charge in [0.25, 0.3) is 11.8 Å². The van der Waals surface area contributed by atoms with Crippen LogP contribution in [-0.4, -0.2) is 36.3 Å². The number of nitrogens with one attached hydrogen (secondary N) is 2. The standard InChI is InChI=1S/C34H28ClN3O5/c35-30-20-24(12-16-31(30)39)34(41)38-37-21-25-13-17-32(29-9-5-4-8-28(25)29)42-22-33(40)36-19-18-23-10-14-27(15-11-23)43-26-6-2-1-3-7-26/h1-17,20-21,39H,18-19,22H2,(H,36,40)(H,38,41)/b37-21+. The van der Waals surface area contributed by atoms with Crippen molar-refractivity contribution in [1.82, 2.24) is 10.7 Å². The van der Waals surface area contributed by atoms with Crippen molar-refractivity contribution in [3.05, 3.63) is 131 Å². The molecule has 0 aliphatic heterocycles. The molecule has 0 aliphatic carbocycles. The molecule has 0 fully saturated rings. The molecule has 0 unspecified atom stereocenters. The third-order valence-corrected chi connectivity index (χ3v) is 6.80. The molecular weight excluding hydrogens is 566 g/mol. The number of carbonyl (C=O) groups excluding carboxylic acids is 2. The maximum absolute atomic E-state index is 12.5. The Labute approximate surface area is 253 Å². The Kier molecular flexibility index (Phi) is 9.51. The first-order valence-corrected chi connectivity index (χ1v) is 13.9. The van der Waals surface area contributed by atoms with E-state index in [0.717, 1.165) is 33.4 Å². The number of rotatable bonds is 11. The third kappa shape index (κ3) is 7.90. The van der Waals surface area contributed by atoms with Gasteiger partial charge in [-0.15, -0.1) is 0 Å². The highest BCUT2D eigenvalue weighted by Gasteiger charge is 2.10. The minimum absolute atomic E-state index is 0.0758. The SMILES string of the molecule is O=C(COc1ccc(/C=N/NC(=O)c2ccc(O)c(Cl)c2)c2ccccc12)NCCc1ccc(Oc2ccccc2)cc1. The van der Waals surface area contributed by atoms with Crippen molar-refractivity contribution in [2.24, 2.45) is 5.10 Å². The number of ether oxygens (including phenoxy) is 2. The molecule has 5 aromatic carbocycles. The summed E-state index contributed by atoms with van der Waals surface area (Å²) in [6.45, 7) is 0.339. The monoisotopic (exact) mass is 593 g/mol. The number of phenols is 1. The number of carbonyl (C=O) groups is 2. The van der Waals surface area contributed by atoms with Gasteiger partial charge in [-0.3, -0.25) is 9.59 Å². The molecule has 0 radical (unpaired) electrons.